The predicted octanol–water partition coefficient (Wildman–Crippen LogP) is 3.31. The molecule has 0 spiro atoms. The first kappa shape index (κ1) is 25.9. The van der Waals surface area contributed by atoms with Gasteiger partial charge in [0.05, 0.1) is 25.8 Å². The summed E-state index contributed by atoms with van der Waals surface area (Å²) in [6.07, 6.45) is 2.10. The normalized spacial score (nSPS) is 24.0. The molecule has 3 aromatic rings. The molecule has 2 aromatic carbocycles. The lowest BCUT2D eigenvalue weighted by Gasteiger charge is -2.55. The Labute approximate surface area is 237 Å². The second-order valence-electron chi connectivity index (χ2n) is 11.6. The number of pyridine rings is 1. The van der Waals surface area contributed by atoms with Crippen LogP contribution < -0.4 is 25.2 Å². The first-order chi connectivity index (χ1) is 19.9. The molecule has 10 heteroatoms. The van der Waals surface area contributed by atoms with Crippen LogP contribution in [0, 0.1) is 17.0 Å². The number of hydrogen-bond acceptors (Lipinski definition) is 8. The summed E-state index contributed by atoms with van der Waals surface area (Å²) in [5.74, 6) is 1.33. The topological polar surface area (TPSA) is 111 Å². The highest BCUT2D eigenvalue weighted by molar-refractivity contribution is 5.83. The third-order valence-electron chi connectivity index (χ3n) is 9.56. The minimum Gasteiger partial charge on any atom is -0.733 e. The van der Waals surface area contributed by atoms with Crippen LogP contribution >= 0.6 is 0 Å². The first-order valence-corrected chi connectivity index (χ1v) is 14.1. The van der Waals surface area contributed by atoms with E-state index in [0.717, 1.165) is 34.5 Å². The zero-order valence-electron chi connectivity index (χ0n) is 23.2. The van der Waals surface area contributed by atoms with Crippen LogP contribution in [-0.2, 0) is 30.7 Å². The highest BCUT2D eigenvalue weighted by atomic mass is 16.8. The van der Waals surface area contributed by atoms with E-state index in [0.29, 0.717) is 50.5 Å². The summed E-state index contributed by atoms with van der Waals surface area (Å²) in [7, 11) is 3.23. The number of amides is 1. The Morgan fingerprint density at radius 2 is 1.80 bits per heavy atom. The molecule has 1 amide bonds. The van der Waals surface area contributed by atoms with Gasteiger partial charge in [-0.25, -0.2) is 0 Å². The van der Waals surface area contributed by atoms with Crippen molar-refractivity contribution in [2.24, 2.45) is 11.8 Å². The Balaban J connectivity index is 1.26. The molecular formula is C31H33N4O6-. The minimum absolute atomic E-state index is 0.00451. The fraction of sp³-hybridized carbons (Fsp3) is 0.419. The van der Waals surface area contributed by atoms with E-state index in [4.69, 9.17) is 9.47 Å². The summed E-state index contributed by atoms with van der Waals surface area (Å²) in [4.78, 5) is 31.6. The van der Waals surface area contributed by atoms with Crippen LogP contribution in [-0.4, -0.2) is 53.9 Å². The summed E-state index contributed by atoms with van der Waals surface area (Å²) in [5, 5.41) is 21.2. The summed E-state index contributed by atoms with van der Waals surface area (Å²) >= 11 is 0. The molecule has 1 saturated heterocycles. The van der Waals surface area contributed by atoms with Gasteiger partial charge < -0.3 is 34.3 Å². The van der Waals surface area contributed by atoms with E-state index in [-0.39, 0.29) is 46.2 Å². The van der Waals surface area contributed by atoms with Gasteiger partial charge >= 0.3 is 0 Å². The van der Waals surface area contributed by atoms with Gasteiger partial charge in [0, 0.05) is 55.6 Å². The zero-order valence-corrected chi connectivity index (χ0v) is 23.2. The van der Waals surface area contributed by atoms with Gasteiger partial charge in [-0.15, -0.1) is 0 Å². The van der Waals surface area contributed by atoms with Gasteiger partial charge in [0.25, 0.3) is 5.56 Å². The van der Waals surface area contributed by atoms with E-state index < -0.39 is 0 Å². The molecule has 4 atom stereocenters. The van der Waals surface area contributed by atoms with Crippen molar-refractivity contribution in [3.63, 3.8) is 0 Å². The molecular weight excluding hydrogens is 524 g/mol. The van der Waals surface area contributed by atoms with Crippen molar-refractivity contribution < 1.29 is 19.5 Å². The number of nitrogens with zero attached hydrogens (tertiary/aromatic N) is 4. The number of carbonyl (C=O) groups excluding carboxylic acids is 1. The molecule has 5 heterocycles. The molecule has 1 N–H and O–H groups in total. The molecule has 214 valence electrons. The smallest absolute Gasteiger partial charge is 0.250 e. The SMILES string of the molecule is COc1cc2c(cc1OC)CN(C(=O)C1Cc3cc(N([O-])O)ccc3N3CC4CC(Cn5c4cccc5=O)C13)CC2. The third-order valence-corrected chi connectivity index (χ3v) is 9.56. The van der Waals surface area contributed by atoms with E-state index in [2.05, 4.69) is 4.90 Å². The fourth-order valence-corrected chi connectivity index (χ4v) is 7.75. The van der Waals surface area contributed by atoms with Gasteiger partial charge in [-0.2, -0.15) is 0 Å². The Morgan fingerprint density at radius 3 is 2.56 bits per heavy atom. The molecule has 0 radical (unpaired) electrons. The van der Waals surface area contributed by atoms with Crippen LogP contribution in [0.25, 0.3) is 0 Å². The number of rotatable bonds is 4. The predicted molar refractivity (Wildman–Crippen MR) is 153 cm³/mol. The van der Waals surface area contributed by atoms with E-state index in [1.165, 1.54) is 0 Å². The third kappa shape index (κ3) is 4.16. The van der Waals surface area contributed by atoms with Gasteiger partial charge in [-0.3, -0.25) is 14.8 Å². The largest absolute Gasteiger partial charge is 0.733 e. The van der Waals surface area contributed by atoms with Crippen LogP contribution in [0.15, 0.2) is 53.3 Å². The molecule has 1 aromatic heterocycles. The van der Waals surface area contributed by atoms with Crippen LogP contribution in [0.3, 0.4) is 0 Å². The quantitative estimate of drug-likeness (QED) is 0.487. The maximum absolute atomic E-state index is 14.5. The maximum atomic E-state index is 14.5. The Kier molecular flexibility index (Phi) is 6.20. The summed E-state index contributed by atoms with van der Waals surface area (Å²) in [6, 6.07) is 14.6. The average molecular weight is 558 g/mol. The molecule has 4 unspecified atom stereocenters. The Bertz CT molecular complexity index is 1590. The van der Waals surface area contributed by atoms with Crippen molar-refractivity contribution in [2.45, 2.75) is 44.3 Å². The number of piperidine rings is 1. The van der Waals surface area contributed by atoms with E-state index in [1.807, 2.05) is 39.8 Å². The van der Waals surface area contributed by atoms with Crippen molar-refractivity contribution in [1.82, 2.24) is 9.47 Å². The fourth-order valence-electron chi connectivity index (χ4n) is 7.75. The molecule has 41 heavy (non-hydrogen) atoms. The summed E-state index contributed by atoms with van der Waals surface area (Å²) < 4.78 is 12.9. The van der Waals surface area contributed by atoms with Crippen molar-refractivity contribution in [1.29, 1.82) is 0 Å². The van der Waals surface area contributed by atoms with Gasteiger partial charge in [0.2, 0.25) is 5.91 Å². The average Bonchev–Trinajstić information content (AvgIpc) is 2.99. The monoisotopic (exact) mass is 557 g/mol. The molecule has 4 aliphatic rings. The Morgan fingerprint density at radius 1 is 1.02 bits per heavy atom. The van der Waals surface area contributed by atoms with Crippen LogP contribution in [0.2, 0.25) is 0 Å². The van der Waals surface area contributed by atoms with Crippen LogP contribution in [0.5, 0.6) is 11.5 Å². The molecule has 0 saturated carbocycles. The second kappa shape index (κ2) is 9.81. The number of hydrogen-bond donors (Lipinski definition) is 1. The first-order valence-electron chi connectivity index (χ1n) is 14.1. The summed E-state index contributed by atoms with van der Waals surface area (Å²) in [5.41, 5.74) is 5.25. The minimum atomic E-state index is -0.356. The molecule has 10 nitrogen and oxygen atoms in total. The molecule has 2 bridgehead atoms. The van der Waals surface area contributed by atoms with E-state index in [9.17, 15) is 20.0 Å². The summed E-state index contributed by atoms with van der Waals surface area (Å²) in [6.45, 7) is 2.33. The molecule has 7 rings (SSSR count). The van der Waals surface area contributed by atoms with Crippen molar-refractivity contribution in [2.75, 3.05) is 37.4 Å². The zero-order chi connectivity index (χ0) is 28.4. The lowest BCUT2D eigenvalue weighted by molar-refractivity contribution is -0.138. The molecule has 1 fully saturated rings. The molecule has 0 aliphatic carbocycles. The van der Waals surface area contributed by atoms with E-state index in [1.54, 1.807) is 32.4 Å². The highest BCUT2D eigenvalue weighted by Crippen LogP contribution is 2.48. The highest BCUT2D eigenvalue weighted by Gasteiger charge is 2.50. The van der Waals surface area contributed by atoms with Gasteiger partial charge in [0.1, 0.15) is 0 Å². The lowest BCUT2D eigenvalue weighted by atomic mass is 9.69. The van der Waals surface area contributed by atoms with Gasteiger partial charge in [0.15, 0.2) is 11.5 Å². The van der Waals surface area contributed by atoms with Gasteiger partial charge in [-0.1, -0.05) is 6.07 Å². The number of methoxy groups -OCH3 is 2. The number of fused-ring (bicyclic) bond motifs is 9. The number of benzene rings is 2. The lowest BCUT2D eigenvalue weighted by Crippen LogP contribution is -2.61. The van der Waals surface area contributed by atoms with Crippen molar-refractivity contribution in [3.8, 4) is 11.5 Å². The van der Waals surface area contributed by atoms with Crippen molar-refractivity contribution >= 4 is 17.3 Å². The number of ether oxygens (including phenoxy) is 2. The van der Waals surface area contributed by atoms with Gasteiger partial charge in [-0.05, 0) is 78.3 Å². The number of aromatic nitrogens is 1. The van der Waals surface area contributed by atoms with Crippen molar-refractivity contribution in [3.05, 3.63) is 86.5 Å². The Hall–Kier alpha value is -4.02. The maximum Gasteiger partial charge on any atom is 0.250 e. The standard InChI is InChI=1S/C31H33N4O6/c1-40-27-13-18-8-9-32(15-20(18)14-28(27)41-2)31(37)24-12-19-11-23(35(38)39)6-7-26(19)34-16-21-10-22(30(24)34)17-33-25(21)4-3-5-29(33)36/h3-7,11,13-14,21-22,24,30,38H,8-10,12,15-17H2,1-2H3/q-1. The second-order valence-corrected chi connectivity index (χ2v) is 11.6. The number of carbonyl (C=O) groups is 1. The molecule has 4 aliphatic heterocycles. The van der Waals surface area contributed by atoms with E-state index >= 15 is 0 Å². The van der Waals surface area contributed by atoms with Crippen LogP contribution in [0.4, 0.5) is 11.4 Å². The van der Waals surface area contributed by atoms with Crippen LogP contribution in [0.1, 0.15) is 34.7 Å². The number of anilines is 2.